The molecule has 0 aliphatic heterocycles. The summed E-state index contributed by atoms with van der Waals surface area (Å²) in [5.74, 6) is 1.92. The van der Waals surface area contributed by atoms with Crippen molar-refractivity contribution >= 4 is 0 Å². The number of aromatic nitrogens is 2. The minimum atomic E-state index is 0. The molecule has 0 radical (unpaired) electrons. The van der Waals surface area contributed by atoms with Crippen LogP contribution in [0, 0.1) is 0 Å². The van der Waals surface area contributed by atoms with Crippen LogP contribution in [0.2, 0.25) is 0 Å². The van der Waals surface area contributed by atoms with E-state index < -0.39 is 0 Å². The molecule has 31 heavy (non-hydrogen) atoms. The van der Waals surface area contributed by atoms with Crippen molar-refractivity contribution < 1.29 is 37.4 Å². The molecule has 0 bridgehead atoms. The monoisotopic (exact) mass is 530 g/mol. The Hall–Kier alpha value is -1.40. The van der Waals surface area contributed by atoms with Gasteiger partial charge in [-0.3, -0.25) is 0 Å². The molecule has 1 heterocycles. The summed E-state index contributed by atoms with van der Waals surface area (Å²) in [6.45, 7) is 18.3. The second-order valence-corrected chi connectivity index (χ2v) is 9.42. The molecule has 4 heteroatoms. The van der Waals surface area contributed by atoms with Gasteiger partial charge < -0.3 is 12.4 Å². The topological polar surface area (TPSA) is 8.81 Å². The van der Waals surface area contributed by atoms with E-state index in [-0.39, 0.29) is 32.8 Å². The molecule has 2 aromatic carbocycles. The van der Waals surface area contributed by atoms with Gasteiger partial charge in [0.15, 0.2) is 0 Å². The van der Waals surface area contributed by atoms with Crippen molar-refractivity contribution in [2.75, 3.05) is 0 Å². The van der Waals surface area contributed by atoms with Gasteiger partial charge in [-0.25, -0.2) is 9.13 Å². The summed E-state index contributed by atoms with van der Waals surface area (Å²) in [6, 6.07) is 13.5. The first-order valence-corrected chi connectivity index (χ1v) is 11.1. The quantitative estimate of drug-likeness (QED) is 0.333. The van der Waals surface area contributed by atoms with Crippen LogP contribution in [0.3, 0.4) is 0 Å². The van der Waals surface area contributed by atoms with Crippen LogP contribution in [0.5, 0.6) is 0 Å². The Labute approximate surface area is 209 Å². The maximum Gasteiger partial charge on any atom is 0.254 e. The number of imidazole rings is 1. The summed E-state index contributed by atoms with van der Waals surface area (Å²) in [5, 5.41) is 0. The van der Waals surface area contributed by atoms with Crippen LogP contribution in [-0.2, 0) is 20.4 Å². The molecular weight excluding hydrogens is 494 g/mol. The number of nitrogens with zero attached hydrogens (tertiary/aromatic N) is 2. The Kier molecular flexibility index (Phi) is 10.2. The van der Waals surface area contributed by atoms with Gasteiger partial charge in [-0.05, 0) is 23.7 Å². The minimum Gasteiger partial charge on any atom is -1.00 e. The molecule has 0 atom stereocenters. The molecule has 0 unspecified atom stereocenters. The van der Waals surface area contributed by atoms with Gasteiger partial charge in [-0.15, -0.1) is 0 Å². The molecule has 0 aliphatic carbocycles. The molecule has 3 aromatic rings. The maximum atomic E-state index is 2.33. The Bertz CT molecular complexity index is 856. The molecule has 0 saturated heterocycles. The molecule has 2 nitrogen and oxygen atoms in total. The third kappa shape index (κ3) is 5.70. The third-order valence-electron chi connectivity index (χ3n) is 5.84. The Balaban J connectivity index is 0.00000240. The number of para-hydroxylation sites is 2. The number of benzene rings is 2. The second-order valence-electron chi connectivity index (χ2n) is 9.42. The first kappa shape index (κ1) is 27.6. The van der Waals surface area contributed by atoms with Crippen LogP contribution in [0.1, 0.15) is 101 Å². The van der Waals surface area contributed by atoms with Crippen LogP contribution >= 0.6 is 0 Å². The van der Waals surface area contributed by atoms with Crippen LogP contribution in [0.15, 0.2) is 55.1 Å². The Morgan fingerprint density at radius 1 is 0.645 bits per heavy atom. The van der Waals surface area contributed by atoms with Crippen molar-refractivity contribution in [2.45, 2.75) is 79.1 Å². The van der Waals surface area contributed by atoms with Gasteiger partial charge in [-0.2, -0.15) is 0 Å². The van der Waals surface area contributed by atoms with Gasteiger partial charge in [0, 0.05) is 42.7 Å². The summed E-state index contributed by atoms with van der Waals surface area (Å²) >= 11 is 0. The van der Waals surface area contributed by atoms with Crippen molar-refractivity contribution in [1.82, 2.24) is 4.57 Å². The van der Waals surface area contributed by atoms with Crippen LogP contribution < -0.4 is 17.0 Å². The van der Waals surface area contributed by atoms with E-state index in [9.17, 15) is 0 Å². The van der Waals surface area contributed by atoms with Crippen molar-refractivity contribution in [3.05, 3.63) is 77.4 Å². The molecular formula is C27H37ClN2Pd. The number of hydrogen-bond acceptors (Lipinski definition) is 0. The normalized spacial score (nSPS) is 11.2. The minimum absolute atomic E-state index is 0. The molecule has 3 rings (SSSR count). The average Bonchev–Trinajstić information content (AvgIpc) is 3.15. The molecule has 0 aliphatic rings. The van der Waals surface area contributed by atoms with E-state index in [1.165, 1.54) is 33.6 Å². The maximum absolute atomic E-state index is 2.33. The van der Waals surface area contributed by atoms with Crippen molar-refractivity contribution in [2.24, 2.45) is 0 Å². The van der Waals surface area contributed by atoms with E-state index in [2.05, 4.69) is 120 Å². The molecule has 0 N–H and O–H groups in total. The van der Waals surface area contributed by atoms with E-state index in [4.69, 9.17) is 0 Å². The zero-order chi connectivity index (χ0) is 21.3. The molecule has 0 spiro atoms. The first-order chi connectivity index (χ1) is 13.7. The standard InChI is InChI=1S/C27H37N2.ClH.Pd/c1-18(2)22-11-9-12-23(19(3)4)26(22)28-15-16-29(17-28)27-24(20(5)6)13-10-14-25(27)21(7)8;;/h9-21H,1-8H3;1H;/q+1;;/p-1. The van der Waals surface area contributed by atoms with Gasteiger partial charge in [0.25, 0.3) is 6.33 Å². The van der Waals surface area contributed by atoms with Gasteiger partial charge in [0.2, 0.25) is 0 Å². The van der Waals surface area contributed by atoms with Gasteiger partial charge in [0.05, 0.1) is 0 Å². The smallest absolute Gasteiger partial charge is 0.254 e. The van der Waals surface area contributed by atoms with Crippen molar-refractivity contribution in [3.8, 4) is 11.4 Å². The molecule has 1 aromatic heterocycles. The predicted octanol–water partition coefficient (Wildman–Crippen LogP) is 4.25. The second kappa shape index (κ2) is 11.5. The molecule has 172 valence electrons. The summed E-state index contributed by atoms with van der Waals surface area (Å²) in [7, 11) is 0. The summed E-state index contributed by atoms with van der Waals surface area (Å²) in [5.41, 5.74) is 8.29. The van der Waals surface area contributed by atoms with E-state index in [0.29, 0.717) is 23.7 Å². The fourth-order valence-electron chi connectivity index (χ4n) is 4.24. The van der Waals surface area contributed by atoms with Crippen LogP contribution in [0.25, 0.3) is 11.4 Å². The summed E-state index contributed by atoms with van der Waals surface area (Å²) in [4.78, 5) is 0. The fraction of sp³-hybridized carbons (Fsp3) is 0.444. The van der Waals surface area contributed by atoms with Gasteiger partial charge in [0.1, 0.15) is 23.8 Å². The Morgan fingerprint density at radius 2 is 1.03 bits per heavy atom. The number of hydrogen-bond donors (Lipinski definition) is 0. The van der Waals surface area contributed by atoms with E-state index in [1.54, 1.807) is 0 Å². The van der Waals surface area contributed by atoms with Crippen LogP contribution in [0.4, 0.5) is 0 Å². The van der Waals surface area contributed by atoms with Gasteiger partial charge >= 0.3 is 0 Å². The number of rotatable bonds is 6. The summed E-state index contributed by atoms with van der Waals surface area (Å²) in [6.07, 6.45) is 6.70. The zero-order valence-electron chi connectivity index (χ0n) is 20.1. The number of halogens is 1. The molecule has 0 amide bonds. The van der Waals surface area contributed by atoms with E-state index >= 15 is 0 Å². The SMILES string of the molecule is CC(C)c1cccc(C(C)C)c1-n1cc[n+](-c2c(C(C)C)cccc2C(C)C)c1.[Cl-].[Pd]. The van der Waals surface area contributed by atoms with Crippen molar-refractivity contribution in [1.29, 1.82) is 0 Å². The predicted molar refractivity (Wildman–Crippen MR) is 124 cm³/mol. The van der Waals surface area contributed by atoms with E-state index in [1.807, 2.05) is 0 Å². The largest absolute Gasteiger partial charge is 1.00 e. The van der Waals surface area contributed by atoms with Crippen LogP contribution in [-0.4, -0.2) is 4.57 Å². The zero-order valence-corrected chi connectivity index (χ0v) is 22.4. The van der Waals surface area contributed by atoms with E-state index in [0.717, 1.165) is 0 Å². The molecule has 0 fully saturated rings. The van der Waals surface area contributed by atoms with Gasteiger partial charge in [-0.1, -0.05) is 91.8 Å². The Morgan fingerprint density at radius 3 is 1.42 bits per heavy atom. The third-order valence-corrected chi connectivity index (χ3v) is 5.84. The first-order valence-electron chi connectivity index (χ1n) is 11.1. The van der Waals surface area contributed by atoms with Crippen molar-refractivity contribution in [3.63, 3.8) is 0 Å². The average molecular weight is 531 g/mol. The molecule has 0 saturated carbocycles. The fourth-order valence-corrected chi connectivity index (χ4v) is 4.24. The summed E-state index contributed by atoms with van der Waals surface area (Å²) < 4.78 is 4.65.